The number of amides is 2. The zero-order chi connectivity index (χ0) is 16.7. The minimum atomic E-state index is -0.359. The molecular weight excluding hydrogens is 310 g/mol. The van der Waals surface area contributed by atoms with Crippen molar-refractivity contribution in [2.24, 2.45) is 4.99 Å². The molecule has 6 heteroatoms. The van der Waals surface area contributed by atoms with Crippen molar-refractivity contribution in [3.8, 4) is 0 Å². The molecule has 2 amide bonds. The molecule has 1 aliphatic heterocycles. The molecule has 2 rings (SSSR count). The molecule has 1 aliphatic rings. The van der Waals surface area contributed by atoms with E-state index in [-0.39, 0.29) is 23.5 Å². The molecule has 23 heavy (non-hydrogen) atoms. The van der Waals surface area contributed by atoms with Crippen molar-refractivity contribution in [2.75, 3.05) is 19.6 Å². The lowest BCUT2D eigenvalue weighted by Crippen LogP contribution is -2.34. The first-order valence-electron chi connectivity index (χ1n) is 7.98. The number of benzene rings is 1. The number of carbonyl (C=O) groups is 2. The number of rotatable bonds is 6. The number of likely N-dealkylation sites (tertiary alicyclic amines) is 1. The van der Waals surface area contributed by atoms with E-state index < -0.39 is 0 Å². The lowest BCUT2D eigenvalue weighted by molar-refractivity contribution is -0.138. The molecule has 1 heterocycles. The summed E-state index contributed by atoms with van der Waals surface area (Å²) in [5, 5.41) is 3.53. The van der Waals surface area contributed by atoms with Gasteiger partial charge in [0.1, 0.15) is 5.25 Å². The summed E-state index contributed by atoms with van der Waals surface area (Å²) in [6.45, 7) is 5.78. The van der Waals surface area contributed by atoms with Crippen molar-refractivity contribution in [3.63, 3.8) is 0 Å². The average molecular weight is 333 g/mol. The molecule has 0 bridgehead atoms. The molecule has 124 valence electrons. The van der Waals surface area contributed by atoms with E-state index >= 15 is 0 Å². The monoisotopic (exact) mass is 333 g/mol. The highest BCUT2D eigenvalue weighted by Gasteiger charge is 2.39. The van der Waals surface area contributed by atoms with Gasteiger partial charge in [-0.05, 0) is 25.8 Å². The summed E-state index contributed by atoms with van der Waals surface area (Å²) in [7, 11) is 0. The fourth-order valence-corrected chi connectivity index (χ4v) is 3.58. The van der Waals surface area contributed by atoms with Gasteiger partial charge in [0.25, 0.3) is 0 Å². The smallest absolute Gasteiger partial charge is 0.243 e. The van der Waals surface area contributed by atoms with Crippen LogP contribution in [0.2, 0.25) is 0 Å². The second kappa shape index (κ2) is 8.72. The van der Waals surface area contributed by atoms with Crippen LogP contribution in [0.4, 0.5) is 0 Å². The van der Waals surface area contributed by atoms with Crippen LogP contribution in [0.1, 0.15) is 25.8 Å². The highest BCUT2D eigenvalue weighted by Crippen LogP contribution is 2.26. The van der Waals surface area contributed by atoms with Crippen molar-refractivity contribution >= 4 is 28.7 Å². The van der Waals surface area contributed by atoms with E-state index in [2.05, 4.69) is 10.3 Å². The topological polar surface area (TPSA) is 61.8 Å². The molecule has 5 nitrogen and oxygen atoms in total. The van der Waals surface area contributed by atoms with E-state index in [1.165, 1.54) is 16.7 Å². The van der Waals surface area contributed by atoms with Crippen molar-refractivity contribution in [1.29, 1.82) is 0 Å². The van der Waals surface area contributed by atoms with Crippen LogP contribution in [-0.4, -0.2) is 46.8 Å². The Kier molecular flexibility index (Phi) is 6.65. The van der Waals surface area contributed by atoms with Crippen LogP contribution < -0.4 is 5.32 Å². The first-order valence-corrected chi connectivity index (χ1v) is 8.86. The maximum absolute atomic E-state index is 12.5. The molecule has 0 spiro atoms. The zero-order valence-corrected chi connectivity index (χ0v) is 14.4. The van der Waals surface area contributed by atoms with Crippen molar-refractivity contribution in [2.45, 2.75) is 31.9 Å². The summed E-state index contributed by atoms with van der Waals surface area (Å²) in [6, 6.07) is 9.90. The van der Waals surface area contributed by atoms with Gasteiger partial charge in [0.2, 0.25) is 11.8 Å². The van der Waals surface area contributed by atoms with Crippen LogP contribution in [0.15, 0.2) is 35.3 Å². The van der Waals surface area contributed by atoms with Gasteiger partial charge < -0.3 is 5.32 Å². The summed E-state index contributed by atoms with van der Waals surface area (Å²) in [6.07, 6.45) is 0.950. The third kappa shape index (κ3) is 4.82. The quantitative estimate of drug-likeness (QED) is 0.492. The van der Waals surface area contributed by atoms with E-state index in [9.17, 15) is 9.59 Å². The molecule has 0 radical (unpaired) electrons. The highest BCUT2D eigenvalue weighted by molar-refractivity contribution is 8.15. The molecular formula is C17H23N3O2S. The minimum absolute atomic E-state index is 0.0872. The van der Waals surface area contributed by atoms with Crippen LogP contribution in [0.25, 0.3) is 0 Å². The van der Waals surface area contributed by atoms with Gasteiger partial charge in [-0.1, -0.05) is 42.1 Å². The van der Waals surface area contributed by atoms with Crippen molar-refractivity contribution < 1.29 is 9.59 Å². The highest BCUT2D eigenvalue weighted by atomic mass is 32.2. The molecule has 0 aliphatic carbocycles. The van der Waals surface area contributed by atoms with E-state index in [0.29, 0.717) is 19.5 Å². The number of nitrogens with zero attached hydrogens (tertiary/aromatic N) is 2. The Hall–Kier alpha value is -1.82. The van der Waals surface area contributed by atoms with Gasteiger partial charge in [-0.25, -0.2) is 0 Å². The zero-order valence-electron chi connectivity index (χ0n) is 13.6. The fraction of sp³-hybridized carbons (Fsp3) is 0.471. The first-order chi connectivity index (χ1) is 11.2. The molecule has 0 unspecified atom stereocenters. The van der Waals surface area contributed by atoms with E-state index in [4.69, 9.17) is 0 Å². The van der Waals surface area contributed by atoms with Crippen LogP contribution in [0.3, 0.4) is 0 Å². The minimum Gasteiger partial charge on any atom is -0.365 e. The normalized spacial score (nSPS) is 18.6. The van der Waals surface area contributed by atoms with E-state index in [1.54, 1.807) is 0 Å². The number of hydrogen-bond acceptors (Lipinski definition) is 4. The Morgan fingerprint density at radius 2 is 2.04 bits per heavy atom. The number of carbonyl (C=O) groups excluding carboxylic acids is 2. The van der Waals surface area contributed by atoms with Crippen LogP contribution in [0, 0.1) is 0 Å². The van der Waals surface area contributed by atoms with E-state index in [0.717, 1.165) is 17.3 Å². The third-order valence-electron chi connectivity index (χ3n) is 3.55. The molecule has 1 aromatic carbocycles. The van der Waals surface area contributed by atoms with E-state index in [1.807, 2.05) is 44.2 Å². The van der Waals surface area contributed by atoms with Crippen LogP contribution >= 0.6 is 11.8 Å². The average Bonchev–Trinajstić information content (AvgIpc) is 2.81. The number of thioether (sulfide) groups is 1. The molecule has 1 fully saturated rings. The molecule has 0 aromatic heterocycles. The Labute approximate surface area is 141 Å². The van der Waals surface area contributed by atoms with Gasteiger partial charge in [0, 0.05) is 26.1 Å². The third-order valence-corrected chi connectivity index (χ3v) is 4.70. The lowest BCUT2D eigenvalue weighted by Gasteiger charge is -2.15. The SMILES string of the molecule is CCN=C(NCC)S[C@@H]1CC(=O)N(CCc2ccccc2)C1=O. The van der Waals surface area contributed by atoms with Crippen LogP contribution in [0.5, 0.6) is 0 Å². The number of amidine groups is 1. The van der Waals surface area contributed by atoms with Crippen LogP contribution in [-0.2, 0) is 16.0 Å². The molecule has 1 atom stereocenters. The molecule has 1 aromatic rings. The van der Waals surface area contributed by atoms with Gasteiger partial charge in [0.05, 0.1) is 0 Å². The number of nitrogens with one attached hydrogen (secondary N) is 1. The van der Waals surface area contributed by atoms with Gasteiger partial charge >= 0.3 is 0 Å². The summed E-state index contributed by atoms with van der Waals surface area (Å²) < 4.78 is 0. The Balaban J connectivity index is 1.95. The van der Waals surface area contributed by atoms with Gasteiger partial charge in [0.15, 0.2) is 5.17 Å². The maximum atomic E-state index is 12.5. The standard InChI is InChI=1S/C17H23N3O2S/c1-3-18-17(19-4-2)23-14-12-15(21)20(16(14)22)11-10-13-8-6-5-7-9-13/h5-9,14H,3-4,10-12H2,1-2H3,(H,18,19)/t14-/m1/s1. The Morgan fingerprint density at radius 1 is 1.30 bits per heavy atom. The molecule has 0 saturated carbocycles. The lowest BCUT2D eigenvalue weighted by atomic mass is 10.1. The molecule has 1 N–H and O–H groups in total. The summed E-state index contributed by atoms with van der Waals surface area (Å²) in [5.74, 6) is -0.187. The first kappa shape index (κ1) is 17.5. The number of imide groups is 1. The predicted molar refractivity (Wildman–Crippen MR) is 94.5 cm³/mol. The van der Waals surface area contributed by atoms with Gasteiger partial charge in [-0.15, -0.1) is 0 Å². The fourth-order valence-electron chi connectivity index (χ4n) is 2.43. The summed E-state index contributed by atoms with van der Waals surface area (Å²) in [5.41, 5.74) is 1.13. The largest absolute Gasteiger partial charge is 0.365 e. The maximum Gasteiger partial charge on any atom is 0.243 e. The summed E-state index contributed by atoms with van der Waals surface area (Å²) in [4.78, 5) is 30.4. The Morgan fingerprint density at radius 3 is 2.70 bits per heavy atom. The number of hydrogen-bond donors (Lipinski definition) is 1. The van der Waals surface area contributed by atoms with Crippen molar-refractivity contribution in [3.05, 3.63) is 35.9 Å². The molecule has 1 saturated heterocycles. The Bertz CT molecular complexity index is 574. The predicted octanol–water partition coefficient (Wildman–Crippen LogP) is 2.08. The van der Waals surface area contributed by atoms with Crippen molar-refractivity contribution in [1.82, 2.24) is 10.2 Å². The second-order valence-electron chi connectivity index (χ2n) is 5.24. The number of aliphatic imine (C=N–C) groups is 1. The van der Waals surface area contributed by atoms with Gasteiger partial charge in [-0.3, -0.25) is 19.5 Å². The van der Waals surface area contributed by atoms with Gasteiger partial charge in [-0.2, -0.15) is 0 Å². The second-order valence-corrected chi connectivity index (χ2v) is 6.43. The summed E-state index contributed by atoms with van der Waals surface area (Å²) >= 11 is 1.37.